The van der Waals surface area contributed by atoms with Crippen LogP contribution in [0.2, 0.25) is 0 Å². The third-order valence-electron chi connectivity index (χ3n) is 3.25. The molecule has 0 atom stereocenters. The number of hydrogen-bond donors (Lipinski definition) is 2. The second kappa shape index (κ2) is 5.76. The summed E-state index contributed by atoms with van der Waals surface area (Å²) in [6.45, 7) is 0.476. The molecule has 0 saturated carbocycles. The van der Waals surface area contributed by atoms with Crippen LogP contribution < -0.4 is 5.73 Å². The molecule has 5 heteroatoms. The summed E-state index contributed by atoms with van der Waals surface area (Å²) in [5, 5.41) is 13.4. The summed E-state index contributed by atoms with van der Waals surface area (Å²) in [6.07, 6.45) is 0.541. The molecule has 106 valence electrons. The predicted octanol–water partition coefficient (Wildman–Crippen LogP) is 2.49. The van der Waals surface area contributed by atoms with Crippen LogP contribution in [0.1, 0.15) is 17.0 Å². The predicted molar refractivity (Wildman–Crippen MR) is 78.5 cm³/mol. The molecule has 0 bridgehead atoms. The number of rotatable bonds is 4. The molecule has 1 aromatic heterocycles. The number of benzene rings is 2. The Bertz CT molecular complexity index is 753. The number of phenols is 1. The third-order valence-corrected chi connectivity index (χ3v) is 3.25. The minimum Gasteiger partial charge on any atom is -0.508 e. The Morgan fingerprint density at radius 2 is 1.86 bits per heavy atom. The number of nitrogens with zero attached hydrogens (tertiary/aromatic N) is 2. The Balaban J connectivity index is 1.85. The lowest BCUT2D eigenvalue weighted by atomic mass is 10.0. The Hall–Kier alpha value is -2.66. The van der Waals surface area contributed by atoms with Gasteiger partial charge in [-0.3, -0.25) is 0 Å². The molecule has 0 aliphatic heterocycles. The molecule has 2 aromatic carbocycles. The number of nitrogens with two attached hydrogens (primary N) is 1. The Morgan fingerprint density at radius 3 is 2.62 bits per heavy atom. The van der Waals surface area contributed by atoms with Gasteiger partial charge in [0.15, 0.2) is 0 Å². The van der Waals surface area contributed by atoms with Gasteiger partial charge in [0.05, 0.1) is 6.42 Å². The molecule has 0 radical (unpaired) electrons. The van der Waals surface area contributed by atoms with Gasteiger partial charge in [0.25, 0.3) is 0 Å². The molecular weight excluding hydrogens is 266 g/mol. The van der Waals surface area contributed by atoms with Gasteiger partial charge < -0.3 is 15.4 Å². The topological polar surface area (TPSA) is 85.2 Å². The van der Waals surface area contributed by atoms with Gasteiger partial charge >= 0.3 is 0 Å². The van der Waals surface area contributed by atoms with E-state index >= 15 is 0 Å². The lowest BCUT2D eigenvalue weighted by Crippen LogP contribution is -2.02. The van der Waals surface area contributed by atoms with E-state index in [1.165, 1.54) is 0 Å². The number of phenolic OH excluding ortho intramolecular Hbond substituents is 1. The number of aromatic nitrogens is 2. The fraction of sp³-hybridized carbons (Fsp3) is 0.125. The highest BCUT2D eigenvalue weighted by Gasteiger charge is 2.11. The van der Waals surface area contributed by atoms with Gasteiger partial charge in [-0.05, 0) is 23.3 Å². The molecule has 0 aliphatic rings. The van der Waals surface area contributed by atoms with Gasteiger partial charge in [0, 0.05) is 12.1 Å². The van der Waals surface area contributed by atoms with Crippen molar-refractivity contribution in [2.24, 2.45) is 5.73 Å². The minimum absolute atomic E-state index is 0.173. The molecule has 3 N–H and O–H groups in total. The Labute approximate surface area is 122 Å². The van der Waals surface area contributed by atoms with E-state index in [9.17, 15) is 5.11 Å². The minimum atomic E-state index is 0.173. The van der Waals surface area contributed by atoms with Gasteiger partial charge in [-0.2, -0.15) is 4.98 Å². The lowest BCUT2D eigenvalue weighted by Gasteiger charge is -2.03. The first kappa shape index (κ1) is 13.3. The van der Waals surface area contributed by atoms with E-state index in [4.69, 9.17) is 10.3 Å². The van der Waals surface area contributed by atoms with Crippen molar-refractivity contribution in [3.8, 4) is 17.1 Å². The monoisotopic (exact) mass is 281 g/mol. The van der Waals surface area contributed by atoms with Crippen molar-refractivity contribution in [1.29, 1.82) is 0 Å². The first-order chi connectivity index (χ1) is 10.3. The fourth-order valence-corrected chi connectivity index (χ4v) is 2.18. The van der Waals surface area contributed by atoms with E-state index in [2.05, 4.69) is 10.1 Å². The van der Waals surface area contributed by atoms with Crippen LogP contribution in [0, 0.1) is 0 Å². The van der Waals surface area contributed by atoms with Crippen molar-refractivity contribution in [2.75, 3.05) is 0 Å². The van der Waals surface area contributed by atoms with E-state index in [1.54, 1.807) is 18.2 Å². The van der Waals surface area contributed by atoms with Crippen LogP contribution >= 0.6 is 0 Å². The van der Waals surface area contributed by atoms with Gasteiger partial charge in [0.2, 0.25) is 11.7 Å². The molecule has 3 aromatic rings. The molecule has 5 nitrogen and oxygen atoms in total. The molecule has 1 heterocycles. The maximum atomic E-state index is 9.48. The van der Waals surface area contributed by atoms with E-state index < -0.39 is 0 Å². The fourth-order valence-electron chi connectivity index (χ4n) is 2.18. The zero-order chi connectivity index (χ0) is 14.7. The van der Waals surface area contributed by atoms with Crippen LogP contribution in [-0.4, -0.2) is 15.2 Å². The van der Waals surface area contributed by atoms with Crippen LogP contribution in [-0.2, 0) is 13.0 Å². The molecule has 0 aliphatic carbocycles. The average molecular weight is 281 g/mol. The van der Waals surface area contributed by atoms with E-state index in [0.29, 0.717) is 24.7 Å². The summed E-state index contributed by atoms with van der Waals surface area (Å²) in [5.74, 6) is 1.16. The maximum Gasteiger partial charge on any atom is 0.231 e. The normalized spacial score (nSPS) is 10.7. The molecule has 3 rings (SSSR count). The van der Waals surface area contributed by atoms with Gasteiger partial charge in [-0.1, -0.05) is 41.6 Å². The van der Waals surface area contributed by atoms with Gasteiger partial charge in [-0.15, -0.1) is 0 Å². The molecule has 0 spiro atoms. The van der Waals surface area contributed by atoms with Crippen molar-refractivity contribution < 1.29 is 9.63 Å². The highest BCUT2D eigenvalue weighted by molar-refractivity contribution is 5.56. The van der Waals surface area contributed by atoms with Gasteiger partial charge in [0.1, 0.15) is 5.75 Å². The summed E-state index contributed by atoms with van der Waals surface area (Å²) in [5.41, 5.74) is 8.58. The Morgan fingerprint density at radius 1 is 1.05 bits per heavy atom. The highest BCUT2D eigenvalue weighted by atomic mass is 16.5. The van der Waals surface area contributed by atoms with E-state index in [0.717, 1.165) is 16.7 Å². The first-order valence-corrected chi connectivity index (χ1v) is 6.65. The molecule has 0 amide bonds. The quantitative estimate of drug-likeness (QED) is 0.767. The van der Waals surface area contributed by atoms with Crippen LogP contribution in [0.5, 0.6) is 5.75 Å². The Kier molecular flexibility index (Phi) is 3.66. The van der Waals surface area contributed by atoms with Crippen LogP contribution in [0.4, 0.5) is 0 Å². The van der Waals surface area contributed by atoms with Crippen LogP contribution in [0.3, 0.4) is 0 Å². The smallest absolute Gasteiger partial charge is 0.231 e. The molecule has 0 saturated heterocycles. The van der Waals surface area contributed by atoms with E-state index in [1.807, 2.05) is 30.3 Å². The van der Waals surface area contributed by atoms with Crippen molar-refractivity contribution in [2.45, 2.75) is 13.0 Å². The van der Waals surface area contributed by atoms with Crippen LogP contribution in [0.15, 0.2) is 53.1 Å². The summed E-state index contributed by atoms with van der Waals surface area (Å²) < 4.78 is 5.28. The zero-order valence-corrected chi connectivity index (χ0v) is 11.4. The highest BCUT2D eigenvalue weighted by Crippen LogP contribution is 2.21. The largest absolute Gasteiger partial charge is 0.508 e. The molecule has 21 heavy (non-hydrogen) atoms. The van der Waals surface area contributed by atoms with Crippen molar-refractivity contribution in [3.63, 3.8) is 0 Å². The first-order valence-electron chi connectivity index (χ1n) is 6.65. The third kappa shape index (κ3) is 2.93. The summed E-state index contributed by atoms with van der Waals surface area (Å²) in [7, 11) is 0. The maximum absolute atomic E-state index is 9.48. The summed E-state index contributed by atoms with van der Waals surface area (Å²) >= 11 is 0. The second-order valence-corrected chi connectivity index (χ2v) is 4.71. The molecular formula is C16H15N3O2. The number of aromatic hydroxyl groups is 1. The van der Waals surface area contributed by atoms with Gasteiger partial charge in [-0.25, -0.2) is 0 Å². The molecule has 0 fully saturated rings. The summed E-state index contributed by atoms with van der Waals surface area (Å²) in [6, 6.07) is 14.7. The lowest BCUT2D eigenvalue weighted by molar-refractivity contribution is 0.385. The number of hydrogen-bond acceptors (Lipinski definition) is 5. The van der Waals surface area contributed by atoms with Crippen LogP contribution in [0.25, 0.3) is 11.4 Å². The second-order valence-electron chi connectivity index (χ2n) is 4.71. The van der Waals surface area contributed by atoms with Crippen molar-refractivity contribution in [3.05, 3.63) is 65.5 Å². The van der Waals surface area contributed by atoms with Crippen molar-refractivity contribution >= 4 is 0 Å². The average Bonchev–Trinajstić information content (AvgIpc) is 2.96. The molecule has 0 unspecified atom stereocenters. The standard InChI is InChI=1S/C16H15N3O2/c17-10-13-5-2-1-4-11(13)9-15-18-16(19-21-15)12-6-3-7-14(20)8-12/h1-8,20H,9-10,17H2. The zero-order valence-electron chi connectivity index (χ0n) is 11.4. The summed E-state index contributed by atoms with van der Waals surface area (Å²) in [4.78, 5) is 4.36. The van der Waals surface area contributed by atoms with E-state index in [-0.39, 0.29) is 5.75 Å². The van der Waals surface area contributed by atoms with Crippen molar-refractivity contribution in [1.82, 2.24) is 10.1 Å². The SMILES string of the molecule is NCc1ccccc1Cc1nc(-c2cccc(O)c2)no1.